The van der Waals surface area contributed by atoms with Crippen molar-refractivity contribution in [3.8, 4) is 0 Å². The van der Waals surface area contributed by atoms with E-state index in [1.54, 1.807) is 27.7 Å². The van der Waals surface area contributed by atoms with E-state index in [0.717, 1.165) is 0 Å². The summed E-state index contributed by atoms with van der Waals surface area (Å²) in [5.74, 6) is 0. The number of amides is 1. The van der Waals surface area contributed by atoms with Crippen LogP contribution >= 0.6 is 0 Å². The molecule has 8 heteroatoms. The van der Waals surface area contributed by atoms with Gasteiger partial charge in [-0.25, -0.2) is 18.2 Å². The van der Waals surface area contributed by atoms with Crippen molar-refractivity contribution < 1.29 is 17.9 Å². The molecule has 0 aromatic carbocycles. The molecule has 1 amide bonds. The first-order chi connectivity index (χ1) is 10.6. The van der Waals surface area contributed by atoms with Gasteiger partial charge in [0.15, 0.2) is 5.03 Å². The number of ether oxygens (including phenoxy) is 1. The molecule has 1 atom stereocenters. The number of carbonyl (C=O) groups is 1. The largest absolute Gasteiger partial charge is 0.444 e. The minimum atomic E-state index is -3.63. The van der Waals surface area contributed by atoms with Crippen molar-refractivity contribution in [3.63, 3.8) is 0 Å². The molecule has 1 aliphatic rings. The Bertz CT molecular complexity index is 682. The Morgan fingerprint density at radius 1 is 1.30 bits per heavy atom. The molecular weight excluding hydrogens is 318 g/mol. The fourth-order valence-corrected chi connectivity index (χ4v) is 4.36. The molecule has 1 aliphatic heterocycles. The lowest BCUT2D eigenvalue weighted by atomic mass is 10.1. The zero-order valence-electron chi connectivity index (χ0n) is 13.9. The molecule has 23 heavy (non-hydrogen) atoms. The van der Waals surface area contributed by atoms with Gasteiger partial charge in [-0.15, -0.1) is 0 Å². The lowest BCUT2D eigenvalue weighted by molar-refractivity contribution is 0.0219. The molecule has 0 radical (unpaired) electrons. The lowest BCUT2D eigenvalue weighted by Crippen LogP contribution is -2.47. The minimum Gasteiger partial charge on any atom is -0.444 e. The SMILES string of the molecule is Cc1nccnc1S(=O)(=O)C1CCCN(C(=O)OC(C)(C)C)C1. The van der Waals surface area contributed by atoms with E-state index in [0.29, 0.717) is 25.1 Å². The van der Waals surface area contributed by atoms with Gasteiger partial charge in [0.1, 0.15) is 5.60 Å². The van der Waals surface area contributed by atoms with Crippen molar-refractivity contribution in [2.24, 2.45) is 0 Å². The zero-order valence-corrected chi connectivity index (χ0v) is 14.8. The van der Waals surface area contributed by atoms with Crippen LogP contribution in [-0.4, -0.2) is 53.3 Å². The maximum Gasteiger partial charge on any atom is 0.410 e. The van der Waals surface area contributed by atoms with Crippen LogP contribution in [0.15, 0.2) is 17.4 Å². The van der Waals surface area contributed by atoms with Crippen molar-refractivity contribution in [2.45, 2.75) is 56.4 Å². The third-order valence-corrected chi connectivity index (χ3v) is 5.78. The second-order valence-corrected chi connectivity index (χ2v) is 8.83. The number of nitrogens with zero attached hydrogens (tertiary/aromatic N) is 3. The van der Waals surface area contributed by atoms with E-state index < -0.39 is 26.8 Å². The molecule has 1 fully saturated rings. The number of aryl methyl sites for hydroxylation is 1. The van der Waals surface area contributed by atoms with Crippen LogP contribution in [0.2, 0.25) is 0 Å². The average molecular weight is 341 g/mol. The number of likely N-dealkylation sites (tertiary alicyclic amines) is 1. The van der Waals surface area contributed by atoms with Crippen LogP contribution in [0.1, 0.15) is 39.3 Å². The van der Waals surface area contributed by atoms with Gasteiger partial charge in [0.2, 0.25) is 9.84 Å². The number of rotatable bonds is 2. The molecular formula is C15H23N3O4S. The topological polar surface area (TPSA) is 89.5 Å². The van der Waals surface area contributed by atoms with Gasteiger partial charge in [-0.05, 0) is 40.5 Å². The van der Waals surface area contributed by atoms with E-state index in [1.807, 2.05) is 0 Å². The lowest BCUT2D eigenvalue weighted by Gasteiger charge is -2.33. The average Bonchev–Trinajstić information content (AvgIpc) is 2.46. The smallest absolute Gasteiger partial charge is 0.410 e. The fraction of sp³-hybridized carbons (Fsp3) is 0.667. The number of sulfone groups is 1. The maximum atomic E-state index is 12.8. The van der Waals surface area contributed by atoms with E-state index in [1.165, 1.54) is 17.3 Å². The van der Waals surface area contributed by atoms with Crippen LogP contribution in [0.4, 0.5) is 4.79 Å². The number of hydrogen-bond acceptors (Lipinski definition) is 6. The van der Waals surface area contributed by atoms with Crippen molar-refractivity contribution >= 4 is 15.9 Å². The van der Waals surface area contributed by atoms with Gasteiger partial charge in [0.25, 0.3) is 0 Å². The Labute approximate surface area is 137 Å². The standard InChI is InChI=1S/C15H23N3O4S/c1-11-13(17-8-7-16-11)23(20,21)12-6-5-9-18(10-12)14(19)22-15(2,3)4/h7-8,12H,5-6,9-10H2,1-4H3. The molecule has 1 aromatic heterocycles. The monoisotopic (exact) mass is 341 g/mol. The normalized spacial score (nSPS) is 19.5. The predicted octanol–water partition coefficient (Wildman–Crippen LogP) is 1.96. The van der Waals surface area contributed by atoms with E-state index in [-0.39, 0.29) is 11.6 Å². The fourth-order valence-electron chi connectivity index (χ4n) is 2.52. The Kier molecular flexibility index (Phi) is 4.93. The molecule has 2 heterocycles. The van der Waals surface area contributed by atoms with Gasteiger partial charge in [-0.2, -0.15) is 0 Å². The summed E-state index contributed by atoms with van der Waals surface area (Å²) in [5.41, 5.74) is -0.230. The van der Waals surface area contributed by atoms with Gasteiger partial charge < -0.3 is 9.64 Å². The van der Waals surface area contributed by atoms with Crippen LogP contribution in [0.5, 0.6) is 0 Å². The van der Waals surface area contributed by atoms with Crippen LogP contribution in [-0.2, 0) is 14.6 Å². The minimum absolute atomic E-state index is 0.00367. The molecule has 0 saturated carbocycles. The molecule has 1 saturated heterocycles. The highest BCUT2D eigenvalue weighted by atomic mass is 32.2. The first kappa shape index (κ1) is 17.7. The Morgan fingerprint density at radius 3 is 2.57 bits per heavy atom. The summed E-state index contributed by atoms with van der Waals surface area (Å²) in [6.45, 7) is 7.59. The molecule has 7 nitrogen and oxygen atoms in total. The summed E-state index contributed by atoms with van der Waals surface area (Å²) < 4.78 is 30.9. The molecule has 0 N–H and O–H groups in total. The van der Waals surface area contributed by atoms with Gasteiger partial charge >= 0.3 is 6.09 Å². The molecule has 1 unspecified atom stereocenters. The highest BCUT2D eigenvalue weighted by Crippen LogP contribution is 2.24. The van der Waals surface area contributed by atoms with Crippen molar-refractivity contribution in [2.75, 3.05) is 13.1 Å². The molecule has 0 bridgehead atoms. The van der Waals surface area contributed by atoms with Gasteiger partial charge in [-0.3, -0.25) is 4.98 Å². The van der Waals surface area contributed by atoms with Crippen molar-refractivity contribution in [3.05, 3.63) is 18.1 Å². The second-order valence-electron chi connectivity index (χ2n) is 6.68. The van der Waals surface area contributed by atoms with E-state index in [4.69, 9.17) is 4.74 Å². The zero-order chi connectivity index (χ0) is 17.3. The summed E-state index contributed by atoms with van der Waals surface area (Å²) in [6.07, 6.45) is 3.46. The number of carbonyl (C=O) groups excluding carboxylic acids is 1. The number of hydrogen-bond donors (Lipinski definition) is 0. The second kappa shape index (κ2) is 6.43. The summed E-state index contributed by atoms with van der Waals surface area (Å²) in [5, 5.41) is -0.685. The molecule has 2 rings (SSSR count). The molecule has 128 valence electrons. The van der Waals surface area contributed by atoms with E-state index in [9.17, 15) is 13.2 Å². The third-order valence-electron chi connectivity index (χ3n) is 3.57. The first-order valence-corrected chi connectivity index (χ1v) is 9.15. The summed E-state index contributed by atoms with van der Waals surface area (Å²) in [4.78, 5) is 21.6. The summed E-state index contributed by atoms with van der Waals surface area (Å²) in [7, 11) is -3.63. The summed E-state index contributed by atoms with van der Waals surface area (Å²) >= 11 is 0. The van der Waals surface area contributed by atoms with Crippen LogP contribution in [0.25, 0.3) is 0 Å². The van der Waals surface area contributed by atoms with Crippen molar-refractivity contribution in [1.29, 1.82) is 0 Å². The van der Waals surface area contributed by atoms with Gasteiger partial charge in [-0.1, -0.05) is 0 Å². The van der Waals surface area contributed by atoms with E-state index >= 15 is 0 Å². The van der Waals surface area contributed by atoms with Crippen LogP contribution in [0, 0.1) is 6.92 Å². The van der Waals surface area contributed by atoms with Gasteiger partial charge in [0.05, 0.1) is 10.9 Å². The molecule has 0 aliphatic carbocycles. The first-order valence-electron chi connectivity index (χ1n) is 7.61. The molecule has 0 spiro atoms. The maximum absolute atomic E-state index is 12.8. The quantitative estimate of drug-likeness (QED) is 0.817. The van der Waals surface area contributed by atoms with E-state index in [2.05, 4.69) is 9.97 Å². The van der Waals surface area contributed by atoms with Crippen LogP contribution < -0.4 is 0 Å². The number of piperidine rings is 1. The Morgan fingerprint density at radius 2 is 1.96 bits per heavy atom. The predicted molar refractivity (Wildman–Crippen MR) is 84.8 cm³/mol. The summed E-state index contributed by atoms with van der Waals surface area (Å²) in [6, 6.07) is 0. The highest BCUT2D eigenvalue weighted by molar-refractivity contribution is 7.92. The molecule has 1 aromatic rings. The van der Waals surface area contributed by atoms with Crippen LogP contribution in [0.3, 0.4) is 0 Å². The number of aromatic nitrogens is 2. The third kappa shape index (κ3) is 4.19. The van der Waals surface area contributed by atoms with Gasteiger partial charge in [0, 0.05) is 25.5 Å². The van der Waals surface area contributed by atoms with Crippen molar-refractivity contribution in [1.82, 2.24) is 14.9 Å². The highest BCUT2D eigenvalue weighted by Gasteiger charge is 2.36. The Balaban J connectivity index is 2.18. The Hall–Kier alpha value is -1.70.